The van der Waals surface area contributed by atoms with Crippen molar-refractivity contribution >= 4 is 29.5 Å². The molecule has 0 spiro atoms. The van der Waals surface area contributed by atoms with E-state index in [-0.39, 0.29) is 16.6 Å². The van der Waals surface area contributed by atoms with Crippen molar-refractivity contribution in [2.75, 3.05) is 6.26 Å². The Kier molecular flexibility index (Phi) is 6.39. The van der Waals surface area contributed by atoms with Crippen LogP contribution in [0.2, 0.25) is 0 Å². The van der Waals surface area contributed by atoms with E-state index in [4.69, 9.17) is 4.74 Å². The largest absolute Gasteiger partial charge is 0.474 e. The van der Waals surface area contributed by atoms with Gasteiger partial charge in [0, 0.05) is 30.1 Å². The lowest BCUT2D eigenvalue weighted by Gasteiger charge is -2.36. The summed E-state index contributed by atoms with van der Waals surface area (Å²) in [5.74, 6) is 0.659. The van der Waals surface area contributed by atoms with Gasteiger partial charge in [-0.15, -0.1) is 0 Å². The molecule has 1 saturated carbocycles. The van der Waals surface area contributed by atoms with E-state index in [0.29, 0.717) is 18.3 Å². The van der Waals surface area contributed by atoms with Gasteiger partial charge in [-0.2, -0.15) is 12.6 Å². The minimum absolute atomic E-state index is 0.211. The third kappa shape index (κ3) is 5.52. The molecule has 1 aliphatic rings. The van der Waals surface area contributed by atoms with Gasteiger partial charge in [0.15, 0.2) is 5.12 Å². The summed E-state index contributed by atoms with van der Waals surface area (Å²) in [4.78, 5) is 15.6. The average Bonchev–Trinajstić information content (AvgIpc) is 2.42. The number of nitrogens with one attached hydrogen (secondary N) is 1. The number of carbonyl (C=O) groups is 1. The van der Waals surface area contributed by atoms with Gasteiger partial charge in [-0.25, -0.2) is 4.98 Å². The summed E-state index contributed by atoms with van der Waals surface area (Å²) in [5.41, 5.74) is 1.10. The highest BCUT2D eigenvalue weighted by Gasteiger charge is 2.31. The maximum Gasteiger partial charge on any atom is 0.213 e. The monoisotopic (exact) mass is 326 g/mol. The predicted molar refractivity (Wildman–Crippen MR) is 90.1 cm³/mol. The third-order valence-corrected chi connectivity index (χ3v) is 4.31. The number of pyridine rings is 1. The first-order valence-corrected chi connectivity index (χ1v) is 8.93. The fourth-order valence-electron chi connectivity index (χ4n) is 2.33. The maximum atomic E-state index is 11.3. The Hall–Kier alpha value is -0.720. The second kappa shape index (κ2) is 8.06. The standard InChI is InChI=1S/C15H22N2O2S2/c1-10(20)17-12-8-13(9-12)19-14-7-11(5-6-16-14)3-4-15(18)21-2/h5-7,10,12-13,17,20H,3-4,8-9H2,1-2H3. The van der Waals surface area contributed by atoms with Crippen molar-refractivity contribution in [3.8, 4) is 5.88 Å². The first-order chi connectivity index (χ1) is 10.1. The summed E-state index contributed by atoms with van der Waals surface area (Å²) < 4.78 is 5.87. The van der Waals surface area contributed by atoms with E-state index in [2.05, 4.69) is 22.9 Å². The molecule has 1 aromatic heterocycles. The molecule has 116 valence electrons. The first kappa shape index (κ1) is 16.6. The molecule has 21 heavy (non-hydrogen) atoms. The summed E-state index contributed by atoms with van der Waals surface area (Å²) >= 11 is 5.60. The van der Waals surface area contributed by atoms with Crippen LogP contribution in [0.25, 0.3) is 0 Å². The van der Waals surface area contributed by atoms with Gasteiger partial charge < -0.3 is 10.1 Å². The highest BCUT2D eigenvalue weighted by molar-refractivity contribution is 8.13. The lowest BCUT2D eigenvalue weighted by atomic mass is 9.89. The van der Waals surface area contributed by atoms with Crippen molar-refractivity contribution in [1.82, 2.24) is 10.3 Å². The zero-order valence-corrected chi connectivity index (χ0v) is 14.1. The van der Waals surface area contributed by atoms with Crippen LogP contribution in [-0.4, -0.2) is 33.9 Å². The normalized spacial score (nSPS) is 22.4. The molecule has 6 heteroatoms. The third-order valence-electron chi connectivity index (χ3n) is 3.50. The Morgan fingerprint density at radius 2 is 2.38 bits per heavy atom. The van der Waals surface area contributed by atoms with Crippen molar-refractivity contribution < 1.29 is 9.53 Å². The quantitative estimate of drug-likeness (QED) is 0.596. The zero-order valence-electron chi connectivity index (χ0n) is 12.4. The Bertz CT molecular complexity index is 476. The van der Waals surface area contributed by atoms with Crippen LogP contribution in [0.4, 0.5) is 0 Å². The summed E-state index contributed by atoms with van der Waals surface area (Å²) in [6.07, 6.45) is 7.06. The molecule has 1 atom stereocenters. The number of hydrogen-bond acceptors (Lipinski definition) is 6. The number of thiol groups is 1. The zero-order chi connectivity index (χ0) is 15.2. The Labute approximate surface area is 135 Å². The van der Waals surface area contributed by atoms with Crippen LogP contribution in [0.3, 0.4) is 0 Å². The van der Waals surface area contributed by atoms with Gasteiger partial charge in [-0.3, -0.25) is 4.79 Å². The van der Waals surface area contributed by atoms with E-state index in [1.54, 1.807) is 6.20 Å². The van der Waals surface area contributed by atoms with Gasteiger partial charge in [-0.05, 0) is 44.1 Å². The van der Waals surface area contributed by atoms with Gasteiger partial charge in [0.25, 0.3) is 0 Å². The molecule has 0 aliphatic heterocycles. The number of aromatic nitrogens is 1. The molecule has 1 fully saturated rings. The van der Waals surface area contributed by atoms with Gasteiger partial charge in [0.1, 0.15) is 6.10 Å². The van der Waals surface area contributed by atoms with Crippen LogP contribution in [0.15, 0.2) is 18.3 Å². The molecule has 1 aromatic rings. The summed E-state index contributed by atoms with van der Waals surface area (Å²) in [5, 5.41) is 3.79. The van der Waals surface area contributed by atoms with E-state index >= 15 is 0 Å². The van der Waals surface area contributed by atoms with Crippen LogP contribution in [0.1, 0.15) is 31.7 Å². The van der Waals surface area contributed by atoms with Crippen LogP contribution in [-0.2, 0) is 11.2 Å². The molecule has 0 bridgehead atoms. The summed E-state index contributed by atoms with van der Waals surface area (Å²) in [6.45, 7) is 2.03. The number of carbonyl (C=O) groups excluding carboxylic acids is 1. The van der Waals surface area contributed by atoms with E-state index in [1.807, 2.05) is 25.3 Å². The highest BCUT2D eigenvalue weighted by Crippen LogP contribution is 2.26. The Morgan fingerprint density at radius 3 is 3.05 bits per heavy atom. The van der Waals surface area contributed by atoms with Crippen LogP contribution >= 0.6 is 24.4 Å². The van der Waals surface area contributed by atoms with Crippen LogP contribution in [0, 0.1) is 0 Å². The SMILES string of the molecule is CSC(=O)CCc1ccnc(OC2CC(NC(C)S)C2)c1. The average molecular weight is 326 g/mol. The van der Waals surface area contributed by atoms with Gasteiger partial charge in [0.2, 0.25) is 5.88 Å². The van der Waals surface area contributed by atoms with Crippen LogP contribution in [0.5, 0.6) is 5.88 Å². The molecule has 0 saturated heterocycles. The molecule has 4 nitrogen and oxygen atoms in total. The number of nitrogens with zero attached hydrogens (tertiary/aromatic N) is 1. The smallest absolute Gasteiger partial charge is 0.213 e. The molecule has 0 amide bonds. The van der Waals surface area contributed by atoms with Gasteiger partial charge >= 0.3 is 0 Å². The van der Waals surface area contributed by atoms with Gasteiger partial charge in [-0.1, -0.05) is 11.8 Å². The Balaban J connectivity index is 1.78. The lowest BCUT2D eigenvalue weighted by Crippen LogP contribution is -2.48. The Morgan fingerprint density at radius 1 is 1.62 bits per heavy atom. The molecule has 1 N–H and O–H groups in total. The van der Waals surface area contributed by atoms with E-state index in [1.165, 1.54) is 11.8 Å². The number of ether oxygens (including phenoxy) is 1. The van der Waals surface area contributed by atoms with Crippen molar-refractivity contribution in [2.45, 2.75) is 50.1 Å². The van der Waals surface area contributed by atoms with Crippen LogP contribution < -0.4 is 10.1 Å². The molecule has 0 radical (unpaired) electrons. The van der Waals surface area contributed by atoms with Crippen molar-refractivity contribution in [3.63, 3.8) is 0 Å². The summed E-state index contributed by atoms with van der Waals surface area (Å²) in [7, 11) is 0. The fourth-order valence-corrected chi connectivity index (χ4v) is 2.85. The fraction of sp³-hybridized carbons (Fsp3) is 0.600. The van der Waals surface area contributed by atoms with Crippen molar-refractivity contribution in [1.29, 1.82) is 0 Å². The van der Waals surface area contributed by atoms with E-state index in [0.717, 1.165) is 24.8 Å². The summed E-state index contributed by atoms with van der Waals surface area (Å²) in [6, 6.07) is 4.37. The first-order valence-electron chi connectivity index (χ1n) is 7.19. The number of hydrogen-bond donors (Lipinski definition) is 2. The highest BCUT2D eigenvalue weighted by atomic mass is 32.2. The minimum Gasteiger partial charge on any atom is -0.474 e. The second-order valence-corrected chi connectivity index (χ2v) is 6.97. The molecular formula is C15H22N2O2S2. The van der Waals surface area contributed by atoms with E-state index in [9.17, 15) is 4.79 Å². The van der Waals surface area contributed by atoms with Gasteiger partial charge in [0.05, 0.1) is 0 Å². The second-order valence-electron chi connectivity index (χ2n) is 5.33. The number of aryl methyl sites for hydroxylation is 1. The maximum absolute atomic E-state index is 11.3. The van der Waals surface area contributed by atoms with Crippen molar-refractivity contribution in [2.24, 2.45) is 0 Å². The van der Waals surface area contributed by atoms with E-state index < -0.39 is 0 Å². The molecule has 1 unspecified atom stereocenters. The molecule has 2 rings (SSSR count). The molecule has 1 aliphatic carbocycles. The lowest BCUT2D eigenvalue weighted by molar-refractivity contribution is -0.110. The molecule has 1 heterocycles. The molecular weight excluding hydrogens is 304 g/mol. The minimum atomic E-state index is 0.211. The van der Waals surface area contributed by atoms with Crippen molar-refractivity contribution in [3.05, 3.63) is 23.9 Å². The molecule has 0 aromatic carbocycles. The predicted octanol–water partition coefficient (Wildman–Crippen LogP) is 2.68. The topological polar surface area (TPSA) is 51.2 Å². The number of rotatable bonds is 7. The number of thioether (sulfide) groups is 1.